The van der Waals surface area contributed by atoms with E-state index in [1.54, 1.807) is 38.4 Å². The van der Waals surface area contributed by atoms with E-state index >= 15 is 0 Å². The molecule has 4 rings (SSSR count). The van der Waals surface area contributed by atoms with Crippen molar-refractivity contribution in [2.45, 2.75) is 13.5 Å². The maximum absolute atomic E-state index is 13.8. The number of aryl methyl sites for hydroxylation is 1. The van der Waals surface area contributed by atoms with Gasteiger partial charge in [-0.05, 0) is 25.1 Å². The van der Waals surface area contributed by atoms with Crippen LogP contribution in [0.2, 0.25) is 0 Å². The van der Waals surface area contributed by atoms with E-state index in [4.69, 9.17) is 4.74 Å². The molecule has 7 nitrogen and oxygen atoms in total. The fourth-order valence-electron chi connectivity index (χ4n) is 3.79. The normalized spacial score (nSPS) is 13.7. The number of rotatable bonds is 6. The average molecular weight is 436 g/mol. The quantitative estimate of drug-likeness (QED) is 0.639. The van der Waals surface area contributed by atoms with Gasteiger partial charge in [0, 0.05) is 44.5 Å². The molecular weight excluding hydrogens is 409 g/mol. The largest absolute Gasteiger partial charge is 0.495 e. The second-order valence-corrected chi connectivity index (χ2v) is 7.59. The molecule has 0 aliphatic carbocycles. The summed E-state index contributed by atoms with van der Waals surface area (Å²) >= 11 is 0. The lowest BCUT2D eigenvalue weighted by atomic mass is 10.2. The number of aromatic nitrogens is 2. The minimum atomic E-state index is -0.282. The van der Waals surface area contributed by atoms with Gasteiger partial charge in [-0.15, -0.1) is 0 Å². The standard InChI is InChI=1S/C24H26FN5O2/c1-17-19(16-27-24(28-17)26-15-18-7-3-4-8-20(18)25)23(31)30-13-11-29(12-14-30)21-9-5-6-10-22(21)32-2/h3-10,16H,11-15H2,1-2H3,(H,26,27,28). The van der Waals surface area contributed by atoms with Gasteiger partial charge < -0.3 is 19.9 Å². The Hall–Kier alpha value is -3.68. The van der Waals surface area contributed by atoms with Crippen LogP contribution >= 0.6 is 0 Å². The highest BCUT2D eigenvalue weighted by molar-refractivity contribution is 5.95. The molecule has 3 aromatic rings. The Morgan fingerprint density at radius 3 is 2.53 bits per heavy atom. The van der Waals surface area contributed by atoms with Crippen molar-refractivity contribution in [2.24, 2.45) is 0 Å². The van der Waals surface area contributed by atoms with Crippen LogP contribution in [0.3, 0.4) is 0 Å². The van der Waals surface area contributed by atoms with E-state index in [1.807, 2.05) is 29.2 Å². The first-order chi connectivity index (χ1) is 15.6. The zero-order chi connectivity index (χ0) is 22.5. The number of hydrogen-bond acceptors (Lipinski definition) is 6. The molecule has 1 aliphatic rings. The maximum atomic E-state index is 13.8. The molecule has 0 spiro atoms. The summed E-state index contributed by atoms with van der Waals surface area (Å²) in [7, 11) is 1.66. The van der Waals surface area contributed by atoms with Gasteiger partial charge in [-0.2, -0.15) is 0 Å². The number of amides is 1. The van der Waals surface area contributed by atoms with E-state index in [0.29, 0.717) is 48.9 Å². The van der Waals surface area contributed by atoms with Crippen molar-refractivity contribution in [3.05, 3.63) is 77.4 Å². The van der Waals surface area contributed by atoms with Crippen LogP contribution in [-0.2, 0) is 6.54 Å². The Balaban J connectivity index is 1.38. The molecule has 1 N–H and O–H groups in total. The monoisotopic (exact) mass is 435 g/mol. The van der Waals surface area contributed by atoms with Gasteiger partial charge in [0.05, 0.1) is 24.1 Å². The number of halogens is 1. The molecular formula is C24H26FN5O2. The summed E-state index contributed by atoms with van der Waals surface area (Å²) in [5, 5.41) is 3.02. The molecule has 2 heterocycles. The maximum Gasteiger partial charge on any atom is 0.257 e. The summed E-state index contributed by atoms with van der Waals surface area (Å²) in [6, 6.07) is 14.4. The molecule has 8 heteroatoms. The highest BCUT2D eigenvalue weighted by atomic mass is 19.1. The molecule has 0 saturated carbocycles. The molecule has 1 amide bonds. The van der Waals surface area contributed by atoms with Gasteiger partial charge in [-0.3, -0.25) is 4.79 Å². The second kappa shape index (κ2) is 9.64. The summed E-state index contributed by atoms with van der Waals surface area (Å²) in [5.41, 5.74) is 2.63. The first-order valence-electron chi connectivity index (χ1n) is 10.5. The predicted molar refractivity (Wildman–Crippen MR) is 122 cm³/mol. The van der Waals surface area contributed by atoms with Crippen LogP contribution in [0, 0.1) is 12.7 Å². The van der Waals surface area contributed by atoms with Crippen LogP contribution in [0.15, 0.2) is 54.7 Å². The Morgan fingerprint density at radius 1 is 1.09 bits per heavy atom. The summed E-state index contributed by atoms with van der Waals surface area (Å²) in [4.78, 5) is 25.8. The second-order valence-electron chi connectivity index (χ2n) is 7.59. The summed E-state index contributed by atoms with van der Waals surface area (Å²) in [6.45, 7) is 4.69. The first kappa shape index (κ1) is 21.5. The predicted octanol–water partition coefficient (Wildman–Crippen LogP) is 3.51. The number of methoxy groups -OCH3 is 1. The number of nitrogens with zero attached hydrogens (tertiary/aromatic N) is 4. The topological polar surface area (TPSA) is 70.6 Å². The fraction of sp³-hybridized carbons (Fsp3) is 0.292. The summed E-state index contributed by atoms with van der Waals surface area (Å²) in [5.74, 6) is 0.830. The number of ether oxygens (including phenoxy) is 1. The minimum Gasteiger partial charge on any atom is -0.495 e. The number of carbonyl (C=O) groups excluding carboxylic acids is 1. The summed E-state index contributed by atoms with van der Waals surface area (Å²) < 4.78 is 19.2. The average Bonchev–Trinajstić information content (AvgIpc) is 2.83. The molecule has 0 bridgehead atoms. The molecule has 0 unspecified atom stereocenters. The van der Waals surface area contributed by atoms with Crippen molar-refractivity contribution >= 4 is 17.5 Å². The highest BCUT2D eigenvalue weighted by Crippen LogP contribution is 2.28. The van der Waals surface area contributed by atoms with Gasteiger partial charge in [-0.1, -0.05) is 30.3 Å². The van der Waals surface area contributed by atoms with Crippen molar-refractivity contribution in [1.82, 2.24) is 14.9 Å². The highest BCUT2D eigenvalue weighted by Gasteiger charge is 2.25. The van der Waals surface area contributed by atoms with Crippen molar-refractivity contribution in [1.29, 1.82) is 0 Å². The third-order valence-electron chi connectivity index (χ3n) is 5.60. The first-order valence-corrected chi connectivity index (χ1v) is 10.5. The number of carbonyl (C=O) groups is 1. The molecule has 1 aliphatic heterocycles. The van der Waals surface area contributed by atoms with Crippen molar-refractivity contribution in [2.75, 3.05) is 43.5 Å². The van der Waals surface area contributed by atoms with E-state index < -0.39 is 0 Å². The summed E-state index contributed by atoms with van der Waals surface area (Å²) in [6.07, 6.45) is 1.54. The van der Waals surface area contributed by atoms with E-state index in [1.165, 1.54) is 6.07 Å². The van der Waals surface area contributed by atoms with Crippen LogP contribution in [0.1, 0.15) is 21.6 Å². The number of benzene rings is 2. The Bertz CT molecular complexity index is 1100. The van der Waals surface area contributed by atoms with E-state index in [9.17, 15) is 9.18 Å². The number of piperazine rings is 1. The van der Waals surface area contributed by atoms with Crippen molar-refractivity contribution in [3.63, 3.8) is 0 Å². The lowest BCUT2D eigenvalue weighted by molar-refractivity contribution is 0.0745. The van der Waals surface area contributed by atoms with Crippen molar-refractivity contribution < 1.29 is 13.9 Å². The Kier molecular flexibility index (Phi) is 6.49. The molecule has 2 aromatic carbocycles. The molecule has 1 saturated heterocycles. The molecule has 166 valence electrons. The lowest BCUT2D eigenvalue weighted by Gasteiger charge is -2.36. The van der Waals surface area contributed by atoms with E-state index in [0.717, 1.165) is 11.4 Å². The van der Waals surface area contributed by atoms with Crippen LogP contribution in [0.4, 0.5) is 16.0 Å². The molecule has 0 atom stereocenters. The van der Waals surface area contributed by atoms with Crippen LogP contribution in [0.5, 0.6) is 5.75 Å². The molecule has 0 radical (unpaired) electrons. The number of para-hydroxylation sites is 2. The van der Waals surface area contributed by atoms with Gasteiger partial charge >= 0.3 is 0 Å². The minimum absolute atomic E-state index is 0.0807. The van der Waals surface area contributed by atoms with Gasteiger partial charge in [0.2, 0.25) is 5.95 Å². The molecule has 1 aromatic heterocycles. The SMILES string of the molecule is COc1ccccc1N1CCN(C(=O)c2cnc(NCc3ccccc3F)nc2C)CC1. The number of nitrogens with one attached hydrogen (secondary N) is 1. The zero-order valence-corrected chi connectivity index (χ0v) is 18.2. The Labute approximate surface area is 186 Å². The van der Waals surface area contributed by atoms with E-state index in [2.05, 4.69) is 20.2 Å². The Morgan fingerprint density at radius 2 is 1.81 bits per heavy atom. The third kappa shape index (κ3) is 4.64. The van der Waals surface area contributed by atoms with Crippen LogP contribution < -0.4 is 15.0 Å². The number of hydrogen-bond donors (Lipinski definition) is 1. The van der Waals surface area contributed by atoms with Gasteiger partial charge in [0.15, 0.2) is 0 Å². The third-order valence-corrected chi connectivity index (χ3v) is 5.60. The van der Waals surface area contributed by atoms with Gasteiger partial charge in [0.1, 0.15) is 11.6 Å². The van der Waals surface area contributed by atoms with Gasteiger partial charge in [-0.25, -0.2) is 14.4 Å². The lowest BCUT2D eigenvalue weighted by Crippen LogP contribution is -2.49. The van der Waals surface area contributed by atoms with Gasteiger partial charge in [0.25, 0.3) is 5.91 Å². The van der Waals surface area contributed by atoms with Crippen molar-refractivity contribution in [3.8, 4) is 5.75 Å². The molecule has 32 heavy (non-hydrogen) atoms. The smallest absolute Gasteiger partial charge is 0.257 e. The van der Waals surface area contributed by atoms with Crippen LogP contribution in [0.25, 0.3) is 0 Å². The van der Waals surface area contributed by atoms with E-state index in [-0.39, 0.29) is 18.3 Å². The van der Waals surface area contributed by atoms with Crippen LogP contribution in [-0.4, -0.2) is 54.1 Å². The fourth-order valence-corrected chi connectivity index (χ4v) is 3.79. The number of anilines is 2. The zero-order valence-electron chi connectivity index (χ0n) is 18.2. The molecule has 1 fully saturated rings.